The number of thiol groups is 1. The number of hydrogen-bond donors (Lipinski definition) is 3. The number of halogens is 3. The predicted molar refractivity (Wildman–Crippen MR) is 126 cm³/mol. The summed E-state index contributed by atoms with van der Waals surface area (Å²) in [6.45, 7) is 3.74. The monoisotopic (exact) mass is 479 g/mol. The molecule has 9 heteroatoms. The average Bonchev–Trinajstić information content (AvgIpc) is 2.77. The highest BCUT2D eigenvalue weighted by Gasteiger charge is 2.38. The molecule has 5 nitrogen and oxygen atoms in total. The molecule has 1 atom stereocenters. The van der Waals surface area contributed by atoms with Gasteiger partial charge in [-0.2, -0.15) is 13.2 Å². The van der Waals surface area contributed by atoms with Crippen molar-refractivity contribution in [2.75, 3.05) is 10.6 Å². The van der Waals surface area contributed by atoms with Crippen LogP contribution in [0.15, 0.2) is 42.5 Å². The molecule has 1 aliphatic rings. The zero-order chi connectivity index (χ0) is 24.2. The molecule has 2 aromatic carbocycles. The van der Waals surface area contributed by atoms with E-state index in [1.54, 1.807) is 0 Å². The number of para-hydroxylation sites is 2. The van der Waals surface area contributed by atoms with E-state index in [4.69, 9.17) is 0 Å². The Morgan fingerprint density at radius 1 is 0.970 bits per heavy atom. The van der Waals surface area contributed by atoms with Gasteiger partial charge in [-0.15, -0.1) is 0 Å². The van der Waals surface area contributed by atoms with Gasteiger partial charge in [0.1, 0.15) is 6.04 Å². The van der Waals surface area contributed by atoms with Crippen LogP contribution in [0.1, 0.15) is 48.8 Å². The molecule has 0 aromatic heterocycles. The maximum absolute atomic E-state index is 13.4. The third-order valence-corrected chi connectivity index (χ3v) is 6.47. The molecule has 0 radical (unpaired) electrons. The molecule has 1 fully saturated rings. The van der Waals surface area contributed by atoms with E-state index >= 15 is 0 Å². The molecular weight excluding hydrogens is 451 g/mol. The lowest BCUT2D eigenvalue weighted by Crippen LogP contribution is -2.49. The van der Waals surface area contributed by atoms with Gasteiger partial charge in [0.15, 0.2) is 0 Å². The van der Waals surface area contributed by atoms with Crippen molar-refractivity contribution in [2.24, 2.45) is 5.92 Å². The Labute approximate surface area is 197 Å². The van der Waals surface area contributed by atoms with Gasteiger partial charge >= 0.3 is 12.2 Å². The second-order valence-electron chi connectivity index (χ2n) is 8.42. The molecule has 0 bridgehead atoms. The van der Waals surface area contributed by atoms with Gasteiger partial charge in [0.25, 0.3) is 0 Å². The number of rotatable bonds is 5. The highest BCUT2D eigenvalue weighted by molar-refractivity contribution is 7.78. The van der Waals surface area contributed by atoms with Gasteiger partial charge in [0.05, 0.1) is 11.3 Å². The molecular formula is C24H28F3N3O2S. The van der Waals surface area contributed by atoms with Crippen LogP contribution < -0.4 is 10.6 Å². The molecule has 1 aliphatic carbocycles. The lowest BCUT2D eigenvalue weighted by Gasteiger charge is -2.35. The Bertz CT molecular complexity index is 986. The van der Waals surface area contributed by atoms with Crippen LogP contribution in [0.2, 0.25) is 0 Å². The smallest absolute Gasteiger partial charge is 0.324 e. The SMILES string of the molecule is Cc1cccc(C)c1NC(=O)C(C1CCCCC1)N(S)C(=O)Nc1ccccc1C(F)(F)F. The average molecular weight is 480 g/mol. The topological polar surface area (TPSA) is 61.4 Å². The number of anilines is 2. The van der Waals surface area contributed by atoms with Crippen molar-refractivity contribution < 1.29 is 22.8 Å². The number of urea groups is 1. The molecule has 33 heavy (non-hydrogen) atoms. The molecule has 3 rings (SSSR count). The van der Waals surface area contributed by atoms with Crippen LogP contribution in [0.25, 0.3) is 0 Å². The summed E-state index contributed by atoms with van der Waals surface area (Å²) in [7, 11) is 0. The summed E-state index contributed by atoms with van der Waals surface area (Å²) >= 11 is 4.30. The van der Waals surface area contributed by atoms with E-state index in [-0.39, 0.29) is 11.6 Å². The Morgan fingerprint density at radius 3 is 2.18 bits per heavy atom. The Morgan fingerprint density at radius 2 is 1.58 bits per heavy atom. The fourth-order valence-electron chi connectivity index (χ4n) is 4.32. The Balaban J connectivity index is 1.86. The van der Waals surface area contributed by atoms with Crippen LogP contribution in [0, 0.1) is 19.8 Å². The molecule has 0 spiro atoms. The molecule has 3 amide bonds. The van der Waals surface area contributed by atoms with Crippen LogP contribution >= 0.6 is 12.8 Å². The second kappa shape index (κ2) is 10.5. The van der Waals surface area contributed by atoms with E-state index in [1.807, 2.05) is 32.0 Å². The number of hydrogen-bond acceptors (Lipinski definition) is 3. The van der Waals surface area contributed by atoms with E-state index < -0.39 is 29.7 Å². The lowest BCUT2D eigenvalue weighted by molar-refractivity contribution is -0.137. The molecule has 2 aromatic rings. The summed E-state index contributed by atoms with van der Waals surface area (Å²) < 4.78 is 41.0. The summed E-state index contributed by atoms with van der Waals surface area (Å²) in [5.74, 6) is -0.558. The molecule has 1 unspecified atom stereocenters. The van der Waals surface area contributed by atoms with Gasteiger partial charge in [-0.25, -0.2) is 4.79 Å². The van der Waals surface area contributed by atoms with Gasteiger partial charge in [0, 0.05) is 5.69 Å². The van der Waals surface area contributed by atoms with E-state index in [1.165, 1.54) is 18.2 Å². The summed E-state index contributed by atoms with van der Waals surface area (Å²) in [6, 6.07) is 8.52. The zero-order valence-corrected chi connectivity index (χ0v) is 19.5. The Kier molecular flexibility index (Phi) is 7.94. The quantitative estimate of drug-likeness (QED) is 0.424. The van der Waals surface area contributed by atoms with Gasteiger partial charge in [-0.05, 0) is 55.9 Å². The van der Waals surface area contributed by atoms with Crippen LogP contribution in [0.4, 0.5) is 29.3 Å². The Hall–Kier alpha value is -2.68. The maximum atomic E-state index is 13.4. The maximum Gasteiger partial charge on any atom is 0.418 e. The van der Waals surface area contributed by atoms with Gasteiger partial charge < -0.3 is 10.6 Å². The van der Waals surface area contributed by atoms with Crippen molar-refractivity contribution in [3.8, 4) is 0 Å². The van der Waals surface area contributed by atoms with Crippen molar-refractivity contribution in [3.63, 3.8) is 0 Å². The molecule has 178 valence electrons. The second-order valence-corrected chi connectivity index (χ2v) is 8.85. The molecule has 2 N–H and O–H groups in total. The first-order valence-electron chi connectivity index (χ1n) is 10.9. The van der Waals surface area contributed by atoms with Crippen molar-refractivity contribution >= 4 is 36.1 Å². The largest absolute Gasteiger partial charge is 0.418 e. The minimum Gasteiger partial charge on any atom is -0.324 e. The summed E-state index contributed by atoms with van der Waals surface area (Å²) in [4.78, 5) is 26.3. The van der Waals surface area contributed by atoms with Crippen molar-refractivity contribution in [1.29, 1.82) is 0 Å². The number of benzene rings is 2. The number of alkyl halides is 3. The molecule has 0 aliphatic heterocycles. The number of aryl methyl sites for hydroxylation is 2. The third kappa shape index (κ3) is 6.01. The number of carbonyl (C=O) groups excluding carboxylic acids is 2. The summed E-state index contributed by atoms with van der Waals surface area (Å²) in [5, 5.41) is 5.21. The number of carbonyl (C=O) groups is 2. The lowest BCUT2D eigenvalue weighted by atomic mass is 9.83. The number of nitrogens with one attached hydrogen (secondary N) is 2. The van der Waals surface area contributed by atoms with E-state index in [9.17, 15) is 22.8 Å². The number of nitrogens with zero attached hydrogens (tertiary/aromatic N) is 1. The summed E-state index contributed by atoms with van der Waals surface area (Å²) in [6.07, 6.45) is -0.300. The fourth-order valence-corrected chi connectivity index (χ4v) is 4.67. The molecule has 0 heterocycles. The zero-order valence-electron chi connectivity index (χ0n) is 18.6. The number of amides is 3. The van der Waals surface area contributed by atoms with Crippen LogP contribution in [0.5, 0.6) is 0 Å². The minimum atomic E-state index is -4.63. The fraction of sp³-hybridized carbons (Fsp3) is 0.417. The highest BCUT2D eigenvalue weighted by Crippen LogP contribution is 2.36. The van der Waals surface area contributed by atoms with Crippen LogP contribution in [0.3, 0.4) is 0 Å². The first-order chi connectivity index (χ1) is 15.6. The summed E-state index contributed by atoms with van der Waals surface area (Å²) in [5.41, 5.74) is 1.06. The van der Waals surface area contributed by atoms with Crippen molar-refractivity contribution in [1.82, 2.24) is 4.31 Å². The van der Waals surface area contributed by atoms with Gasteiger partial charge in [-0.1, -0.05) is 62.4 Å². The van der Waals surface area contributed by atoms with Crippen molar-refractivity contribution in [2.45, 2.75) is 58.2 Å². The first kappa shape index (κ1) is 25.0. The minimum absolute atomic E-state index is 0.149. The standard InChI is InChI=1S/C24H28F3N3O2S/c1-15-9-8-10-16(2)20(15)29-22(31)21(17-11-4-3-5-12-17)30(33)23(32)28-19-14-7-6-13-18(19)24(25,26)27/h6-10,13-14,17,21,33H,3-5,11-12H2,1-2H3,(H,28,32)(H,29,31). The third-order valence-electron chi connectivity index (χ3n) is 6.04. The van der Waals surface area contributed by atoms with E-state index in [2.05, 4.69) is 23.4 Å². The van der Waals surface area contributed by atoms with Gasteiger partial charge in [-0.3, -0.25) is 9.10 Å². The van der Waals surface area contributed by atoms with Gasteiger partial charge in [0.2, 0.25) is 5.91 Å². The first-order valence-corrected chi connectivity index (χ1v) is 11.3. The van der Waals surface area contributed by atoms with E-state index in [0.29, 0.717) is 5.69 Å². The normalized spacial score (nSPS) is 15.6. The molecule has 0 saturated heterocycles. The van der Waals surface area contributed by atoms with Crippen LogP contribution in [-0.2, 0) is 11.0 Å². The predicted octanol–water partition coefficient (Wildman–Crippen LogP) is 6.59. The van der Waals surface area contributed by atoms with Crippen LogP contribution in [-0.4, -0.2) is 22.3 Å². The highest BCUT2D eigenvalue weighted by atomic mass is 32.1. The molecule has 1 saturated carbocycles. The van der Waals surface area contributed by atoms with E-state index in [0.717, 1.165) is 53.6 Å². The van der Waals surface area contributed by atoms with Crippen molar-refractivity contribution in [3.05, 3.63) is 59.2 Å².